The lowest BCUT2D eigenvalue weighted by atomic mass is 9.88. The second-order valence-corrected chi connectivity index (χ2v) is 35.1. The molecule has 16 rings (SSSR count). The van der Waals surface area contributed by atoms with Crippen molar-refractivity contribution < 1.29 is 18.3 Å². The molecule has 0 radical (unpaired) electrons. The first-order valence-electron chi connectivity index (χ1n) is 41.6. The lowest BCUT2D eigenvalue weighted by molar-refractivity contribution is -0.659. The Morgan fingerprint density at radius 1 is 0.291 bits per heavy atom. The fourth-order valence-corrected chi connectivity index (χ4v) is 16.7. The highest BCUT2D eigenvalue weighted by molar-refractivity contribution is 5.99. The summed E-state index contributed by atoms with van der Waals surface area (Å²) in [6.07, 6.45) is 19.1. The predicted molar refractivity (Wildman–Crippen MR) is 493 cm³/mol. The number of hydrogen-bond donors (Lipinski definition) is 0. The van der Waals surface area contributed by atoms with Gasteiger partial charge < -0.3 is 0 Å². The van der Waals surface area contributed by atoms with Gasteiger partial charge in [-0.3, -0.25) is 19.9 Å². The zero-order valence-corrected chi connectivity index (χ0v) is 73.7. The Bertz CT molecular complexity index is 6400. The number of nitrogens with zero attached hydrogens (tertiary/aromatic N) is 8. The molecule has 8 heterocycles. The van der Waals surface area contributed by atoms with E-state index in [1.54, 1.807) is 0 Å². The van der Waals surface area contributed by atoms with Crippen LogP contribution in [0.3, 0.4) is 0 Å². The van der Waals surface area contributed by atoms with Crippen LogP contribution in [0.25, 0.3) is 133 Å². The Morgan fingerprint density at radius 3 is 0.838 bits per heavy atom. The number of benzene rings is 8. The van der Waals surface area contributed by atoms with E-state index >= 15 is 0 Å². The van der Waals surface area contributed by atoms with Gasteiger partial charge in [-0.15, -0.1) is 0 Å². The minimum absolute atomic E-state index is 0.263. The minimum atomic E-state index is 0.263. The van der Waals surface area contributed by atoms with Gasteiger partial charge in [-0.25, -0.2) is 18.3 Å². The van der Waals surface area contributed by atoms with Gasteiger partial charge in [-0.05, 0) is 257 Å². The van der Waals surface area contributed by atoms with Crippen LogP contribution >= 0.6 is 0 Å². The summed E-state index contributed by atoms with van der Waals surface area (Å²) in [5, 5.41) is 9.87. The molecule has 8 aromatic heterocycles. The lowest BCUT2D eigenvalue weighted by Crippen LogP contribution is -2.30. The van der Waals surface area contributed by atoms with Crippen LogP contribution in [0.1, 0.15) is 143 Å². The minimum Gasteiger partial charge on any atom is -0.256 e. The fraction of sp³-hybridized carbons (Fsp3) is 0.266. The molecule has 0 saturated carbocycles. The second kappa shape index (κ2) is 34.8. The van der Waals surface area contributed by atoms with E-state index in [0.717, 1.165) is 35.6 Å². The first-order valence-corrected chi connectivity index (χ1v) is 41.6. The molecule has 0 aliphatic heterocycles. The SMILES string of the molecule is Cc1cc(C)c(C)c(-c2cc3cccc(-c4ccc(C(C)C)cn4)c3c[n+]2C)c1.Cc1cc(C)c(C)c(-c2cc3cccc(-c4ccc(CC(C)(C)C)cn4)c3c[n+]2C)c1.Cc1cc(C)c(C)c(-c2cc3cccc(-c4ccc(CC(C)C)cn4)c3c[n+]2C)c1.Cc1ccc(-c2cccc3cc(-c4cc(C)cc(C)c4C)[n+](C)cc23)nc1. The molecular weight excluding hydrogens is 1420 g/mol. The van der Waals surface area contributed by atoms with Crippen LogP contribution < -0.4 is 18.3 Å². The highest BCUT2D eigenvalue weighted by atomic mass is 14.9. The molecule has 0 atom stereocenters. The molecule has 0 aliphatic carbocycles. The maximum Gasteiger partial charge on any atom is 0.213 e. The number of rotatable bonds is 12. The summed E-state index contributed by atoms with van der Waals surface area (Å²) in [4.78, 5) is 19.0. The zero-order chi connectivity index (χ0) is 83.6. The monoisotopic (exact) mass is 1540 g/mol. The Kier molecular flexibility index (Phi) is 24.7. The van der Waals surface area contributed by atoms with Crippen molar-refractivity contribution in [2.45, 2.75) is 157 Å². The summed E-state index contributed by atoms with van der Waals surface area (Å²) in [5.41, 5.74) is 40.2. The van der Waals surface area contributed by atoms with Crippen molar-refractivity contribution >= 4 is 43.1 Å². The van der Waals surface area contributed by atoms with E-state index in [9.17, 15) is 0 Å². The molecule has 117 heavy (non-hydrogen) atoms. The maximum atomic E-state index is 4.82. The van der Waals surface area contributed by atoms with E-state index in [-0.39, 0.29) is 5.41 Å². The predicted octanol–water partition coefficient (Wildman–Crippen LogP) is 25.5. The van der Waals surface area contributed by atoms with Crippen LogP contribution in [-0.4, -0.2) is 19.9 Å². The molecule has 16 aromatic rings. The van der Waals surface area contributed by atoms with Crippen LogP contribution in [-0.2, 0) is 41.0 Å². The van der Waals surface area contributed by atoms with Gasteiger partial charge in [0.05, 0.1) is 44.3 Å². The number of pyridine rings is 8. The molecule has 0 bridgehead atoms. The van der Waals surface area contributed by atoms with Crippen molar-refractivity contribution in [1.29, 1.82) is 0 Å². The topological polar surface area (TPSA) is 67.1 Å². The molecule has 590 valence electrons. The van der Waals surface area contributed by atoms with Gasteiger partial charge in [0, 0.05) is 93.6 Å². The largest absolute Gasteiger partial charge is 0.256 e. The molecular formula is C109H118N8+4. The Hall–Kier alpha value is -12.0. The first kappa shape index (κ1) is 83.0. The van der Waals surface area contributed by atoms with Crippen LogP contribution in [0.15, 0.2) is 244 Å². The molecule has 0 saturated heterocycles. The molecule has 8 heteroatoms. The number of aromatic nitrogens is 8. The van der Waals surface area contributed by atoms with Crippen LogP contribution in [0.5, 0.6) is 0 Å². The van der Waals surface area contributed by atoms with E-state index < -0.39 is 0 Å². The van der Waals surface area contributed by atoms with E-state index in [2.05, 4.69) is 409 Å². The van der Waals surface area contributed by atoms with E-state index in [1.807, 2.05) is 24.8 Å². The summed E-state index contributed by atoms with van der Waals surface area (Å²) in [5.74, 6) is 1.13. The van der Waals surface area contributed by atoms with Crippen LogP contribution in [0.2, 0.25) is 0 Å². The van der Waals surface area contributed by atoms with E-state index in [4.69, 9.17) is 15.0 Å². The number of fused-ring (bicyclic) bond motifs is 4. The van der Waals surface area contributed by atoms with Crippen LogP contribution in [0, 0.1) is 101 Å². The zero-order valence-electron chi connectivity index (χ0n) is 73.7. The van der Waals surface area contributed by atoms with Gasteiger partial charge in [0.25, 0.3) is 0 Å². The Morgan fingerprint density at radius 2 is 0.581 bits per heavy atom. The van der Waals surface area contributed by atoms with Crippen molar-refractivity contribution in [3.05, 3.63) is 333 Å². The summed E-state index contributed by atoms with van der Waals surface area (Å²) in [6, 6.07) is 70.7. The van der Waals surface area contributed by atoms with Crippen LogP contribution in [0.4, 0.5) is 0 Å². The average Bonchev–Trinajstić information content (AvgIpc) is 0.782. The molecule has 0 N–H and O–H groups in total. The summed E-state index contributed by atoms with van der Waals surface area (Å²) < 4.78 is 8.98. The third-order valence-electron chi connectivity index (χ3n) is 23.4. The number of aryl methyl sites for hydroxylation is 13. The van der Waals surface area contributed by atoms with Crippen molar-refractivity contribution in [1.82, 2.24) is 19.9 Å². The lowest BCUT2D eigenvalue weighted by Gasteiger charge is -2.18. The van der Waals surface area contributed by atoms with Gasteiger partial charge in [0.15, 0.2) is 24.8 Å². The smallest absolute Gasteiger partial charge is 0.213 e. The van der Waals surface area contributed by atoms with Gasteiger partial charge >= 0.3 is 0 Å². The van der Waals surface area contributed by atoms with Crippen molar-refractivity contribution in [3.8, 4) is 90.1 Å². The third kappa shape index (κ3) is 18.6. The highest BCUT2D eigenvalue weighted by Gasteiger charge is 2.24. The maximum absolute atomic E-state index is 4.82. The first-order chi connectivity index (χ1) is 55.7. The van der Waals surface area contributed by atoms with Gasteiger partial charge in [0.1, 0.15) is 28.2 Å². The number of hydrogen-bond acceptors (Lipinski definition) is 4. The summed E-state index contributed by atoms with van der Waals surface area (Å²) >= 11 is 0. The highest BCUT2D eigenvalue weighted by Crippen LogP contribution is 2.38. The molecule has 8 nitrogen and oxygen atoms in total. The molecule has 0 spiro atoms. The molecule has 0 fully saturated rings. The van der Waals surface area contributed by atoms with Crippen molar-refractivity contribution in [2.75, 3.05) is 0 Å². The van der Waals surface area contributed by atoms with E-state index in [1.165, 1.54) is 199 Å². The van der Waals surface area contributed by atoms with Gasteiger partial charge in [0.2, 0.25) is 22.8 Å². The standard InChI is InChI=1S/C29H33N2.C28H31N2.C27H29N2.C25H25N2/c1-19-13-20(2)21(3)25(14-19)28-15-23-9-8-10-24(26(23)18-31(28)7)27-12-11-22(17-30-27)16-29(4,5)6;1-18(2)12-22-10-11-27(29-16-22)24-9-7-8-23-15-28(30(6)17-26(23)24)25-14-19(3)13-20(4)21(25)5;1-17(2)22-10-11-26(28-15-22)23-9-7-8-21-14-27(29(6)16-25(21)23)24-13-18(3)12-19(4)20(24)5;1-16-9-10-24(26-14-16)21-8-6-7-20-13-25(27(5)15-23(20)21)22-12-17(2)11-18(3)19(22)4/h8-15,17-18H,16H2,1-7H3;7-11,13-18H,12H2,1-6H3;7-17H,1-6H3;6-15H,1-5H3/q4*+1. The summed E-state index contributed by atoms with van der Waals surface area (Å²) in [6.45, 7) is 44.0. The van der Waals surface area contributed by atoms with Crippen molar-refractivity contribution in [2.24, 2.45) is 39.5 Å². The Balaban J connectivity index is 0.000000136. The average molecular weight is 1540 g/mol. The molecule has 0 aliphatic rings. The fourth-order valence-electron chi connectivity index (χ4n) is 16.7. The van der Waals surface area contributed by atoms with Crippen molar-refractivity contribution in [3.63, 3.8) is 0 Å². The normalized spacial score (nSPS) is 11.5. The van der Waals surface area contributed by atoms with E-state index in [0.29, 0.717) is 11.8 Å². The molecule has 0 unspecified atom stereocenters. The van der Waals surface area contributed by atoms with Gasteiger partial charge in [-0.2, -0.15) is 0 Å². The third-order valence-corrected chi connectivity index (χ3v) is 23.4. The van der Waals surface area contributed by atoms with Gasteiger partial charge in [-0.1, -0.05) is 192 Å². The second-order valence-electron chi connectivity index (χ2n) is 35.1. The Labute approximate surface area is 696 Å². The molecule has 0 amide bonds. The summed E-state index contributed by atoms with van der Waals surface area (Å²) in [7, 11) is 8.55. The molecule has 8 aromatic carbocycles. The quantitative estimate of drug-likeness (QED) is 0.114.